The third-order valence-electron chi connectivity index (χ3n) is 9.98. The lowest BCUT2D eigenvalue weighted by Crippen LogP contribution is -2.54. The molecule has 3 aromatic rings. The molecule has 7 nitrogen and oxygen atoms in total. The summed E-state index contributed by atoms with van der Waals surface area (Å²) in [5, 5.41) is 0. The largest absolute Gasteiger partial charge is 0.477 e. The maximum atomic E-state index is 13.1. The van der Waals surface area contributed by atoms with E-state index in [2.05, 4.69) is 81.8 Å². The smallest absolute Gasteiger partial charge is 0.410 e. The maximum absolute atomic E-state index is 13.1. The van der Waals surface area contributed by atoms with E-state index < -0.39 is 5.60 Å². The van der Waals surface area contributed by atoms with Crippen molar-refractivity contribution in [3.63, 3.8) is 0 Å². The lowest BCUT2D eigenvalue weighted by Gasteiger charge is -2.56. The van der Waals surface area contributed by atoms with Gasteiger partial charge in [0.2, 0.25) is 11.8 Å². The highest BCUT2D eigenvalue weighted by Gasteiger charge is 2.52. The summed E-state index contributed by atoms with van der Waals surface area (Å²) in [6, 6.07) is 17.4. The Morgan fingerprint density at radius 2 is 1.77 bits per heavy atom. The van der Waals surface area contributed by atoms with Crippen LogP contribution in [0.15, 0.2) is 53.4 Å². The first-order valence-electron chi connectivity index (χ1n) is 17.3. The molecule has 47 heavy (non-hydrogen) atoms. The second-order valence-electron chi connectivity index (χ2n) is 16.5. The standard InChI is InChI=1S/C39H52N4O3S/c1-25-12-9-13-26(2)33(25)31-19-32-41-35(40-31)42-47-30-15-10-14-27(18-30)34(29(23-45-32)20-37(3,4)5)28-21-39(22-28)16-11-17-43(24-39)36(44)46-38(6,7)8/h9-10,12-15,18-19,28-29,34H,11,16-17,20-24H2,1-8H3,(H,40,41,42). The second-order valence-corrected chi connectivity index (χ2v) is 17.4. The molecule has 0 radical (unpaired) electrons. The van der Waals surface area contributed by atoms with Gasteiger partial charge in [-0.1, -0.05) is 51.1 Å². The van der Waals surface area contributed by atoms with Crippen LogP contribution in [-0.4, -0.2) is 46.3 Å². The summed E-state index contributed by atoms with van der Waals surface area (Å²) >= 11 is 1.55. The lowest BCUT2D eigenvalue weighted by atomic mass is 9.52. The molecule has 252 valence electrons. The summed E-state index contributed by atoms with van der Waals surface area (Å²) in [7, 11) is 0. The number of anilines is 1. The Hall–Kier alpha value is -3.26. The quantitative estimate of drug-likeness (QED) is 0.281. The zero-order valence-electron chi connectivity index (χ0n) is 29.5. The van der Waals surface area contributed by atoms with Gasteiger partial charge < -0.3 is 14.4 Å². The number of aryl methyl sites for hydroxylation is 2. The third kappa shape index (κ3) is 7.90. The minimum absolute atomic E-state index is 0.122. The molecule has 2 aliphatic heterocycles. The SMILES string of the molecule is Cc1cccc(C)c1-c1cc2nc(n1)NSc1cccc(c1)C(C1CC3(CCCN(C(=O)OC(C)(C)C)C3)C1)C(CC(C)(C)C)CO2. The number of rotatable bonds is 3. The highest BCUT2D eigenvalue weighted by atomic mass is 32.2. The molecule has 1 N–H and O–H groups in total. The van der Waals surface area contributed by atoms with E-state index in [0.29, 0.717) is 30.3 Å². The van der Waals surface area contributed by atoms with Crippen molar-refractivity contribution >= 4 is 24.0 Å². The van der Waals surface area contributed by atoms with E-state index >= 15 is 0 Å². The number of ether oxygens (including phenoxy) is 2. The number of fused-ring (bicyclic) bond motifs is 4. The Balaban J connectivity index is 1.31. The van der Waals surface area contributed by atoms with Crippen molar-refractivity contribution in [1.82, 2.24) is 14.9 Å². The van der Waals surface area contributed by atoms with Crippen LogP contribution < -0.4 is 9.46 Å². The Morgan fingerprint density at radius 1 is 1.04 bits per heavy atom. The van der Waals surface area contributed by atoms with Crippen molar-refractivity contribution in [2.45, 2.75) is 104 Å². The van der Waals surface area contributed by atoms with Crippen LogP contribution in [0.1, 0.15) is 96.3 Å². The molecular weight excluding hydrogens is 605 g/mol. The first kappa shape index (κ1) is 33.6. The molecule has 1 spiro atoms. The minimum atomic E-state index is -0.487. The second kappa shape index (κ2) is 13.0. The Labute approximate surface area is 285 Å². The van der Waals surface area contributed by atoms with Crippen molar-refractivity contribution in [3.05, 3.63) is 65.2 Å². The number of piperidine rings is 1. The molecule has 1 amide bonds. The highest BCUT2D eigenvalue weighted by Crippen LogP contribution is 2.58. The van der Waals surface area contributed by atoms with Crippen LogP contribution in [0.3, 0.4) is 0 Å². The van der Waals surface area contributed by atoms with E-state index in [1.165, 1.54) is 23.1 Å². The van der Waals surface area contributed by atoms with Crippen LogP contribution in [0.25, 0.3) is 11.3 Å². The third-order valence-corrected chi connectivity index (χ3v) is 10.8. The van der Waals surface area contributed by atoms with Gasteiger partial charge in [0.05, 0.1) is 12.3 Å². The summed E-state index contributed by atoms with van der Waals surface area (Å²) in [6.45, 7) is 19.2. The number of carbonyl (C=O) groups excluding carboxylic acids is 1. The van der Waals surface area contributed by atoms with Crippen LogP contribution in [0.2, 0.25) is 0 Å². The van der Waals surface area contributed by atoms with Gasteiger partial charge in [-0.15, -0.1) is 0 Å². The molecule has 6 rings (SSSR count). The number of hydrogen-bond donors (Lipinski definition) is 1. The number of nitrogens with zero attached hydrogens (tertiary/aromatic N) is 3. The molecular formula is C39H52N4O3S. The lowest BCUT2D eigenvalue weighted by molar-refractivity contribution is -0.0534. The average molecular weight is 657 g/mol. The number of aromatic nitrogens is 2. The number of benzene rings is 2. The fourth-order valence-corrected chi connectivity index (χ4v) is 8.95. The van der Waals surface area contributed by atoms with Crippen LogP contribution >= 0.6 is 11.9 Å². The van der Waals surface area contributed by atoms with Gasteiger partial charge in [0.1, 0.15) is 5.60 Å². The van der Waals surface area contributed by atoms with Gasteiger partial charge in [0, 0.05) is 35.5 Å². The molecule has 8 heteroatoms. The normalized spacial score (nSPS) is 24.7. The van der Waals surface area contributed by atoms with Gasteiger partial charge in [-0.25, -0.2) is 9.78 Å². The van der Waals surface area contributed by atoms with Crippen LogP contribution in [0.4, 0.5) is 10.7 Å². The van der Waals surface area contributed by atoms with E-state index in [0.717, 1.165) is 54.9 Å². The van der Waals surface area contributed by atoms with E-state index in [9.17, 15) is 4.79 Å². The molecule has 3 aliphatic rings. The molecule has 2 unspecified atom stereocenters. The van der Waals surface area contributed by atoms with Gasteiger partial charge in [-0.3, -0.25) is 4.72 Å². The molecule has 1 aromatic heterocycles. The van der Waals surface area contributed by atoms with Gasteiger partial charge in [0.15, 0.2) is 0 Å². The fraction of sp³-hybridized carbons (Fsp3) is 0.564. The zero-order valence-corrected chi connectivity index (χ0v) is 30.3. The van der Waals surface area contributed by atoms with Crippen LogP contribution in [0, 0.1) is 36.5 Å². The van der Waals surface area contributed by atoms with Crippen molar-refractivity contribution in [3.8, 4) is 17.1 Å². The molecule has 1 aliphatic carbocycles. The Kier molecular flexibility index (Phi) is 9.29. The van der Waals surface area contributed by atoms with Gasteiger partial charge in [0.25, 0.3) is 0 Å². The van der Waals surface area contributed by atoms with E-state index in [1.807, 2.05) is 31.7 Å². The maximum Gasteiger partial charge on any atom is 0.410 e. The summed E-state index contributed by atoms with van der Waals surface area (Å²) in [5.74, 6) is 2.28. The van der Waals surface area contributed by atoms with Crippen molar-refractivity contribution in [2.75, 3.05) is 24.4 Å². The number of carbonyl (C=O) groups is 1. The fourth-order valence-electron chi connectivity index (χ4n) is 8.31. The van der Waals surface area contributed by atoms with Gasteiger partial charge in [-0.05, 0) is 130 Å². The Morgan fingerprint density at radius 3 is 2.47 bits per heavy atom. The Bertz CT molecular complexity index is 1580. The molecule has 4 bridgehead atoms. The molecule has 1 saturated heterocycles. The first-order chi connectivity index (χ1) is 22.2. The predicted octanol–water partition coefficient (Wildman–Crippen LogP) is 9.84. The van der Waals surface area contributed by atoms with Gasteiger partial charge in [-0.2, -0.15) is 4.98 Å². The van der Waals surface area contributed by atoms with Crippen molar-refractivity contribution < 1.29 is 14.3 Å². The number of hydrogen-bond acceptors (Lipinski definition) is 7. The monoisotopic (exact) mass is 656 g/mol. The minimum Gasteiger partial charge on any atom is -0.477 e. The number of amides is 1. The summed E-state index contributed by atoms with van der Waals surface area (Å²) in [4.78, 5) is 25.9. The number of likely N-dealkylation sites (tertiary alicyclic amines) is 1. The summed E-state index contributed by atoms with van der Waals surface area (Å²) in [6.07, 6.45) is 5.28. The molecule has 2 fully saturated rings. The van der Waals surface area contributed by atoms with E-state index in [1.54, 1.807) is 11.9 Å². The van der Waals surface area contributed by atoms with Crippen LogP contribution in [0.5, 0.6) is 5.88 Å². The van der Waals surface area contributed by atoms with Crippen LogP contribution in [-0.2, 0) is 4.74 Å². The zero-order chi connectivity index (χ0) is 33.6. The first-order valence-corrected chi connectivity index (χ1v) is 18.1. The van der Waals surface area contributed by atoms with Crippen molar-refractivity contribution in [2.24, 2.45) is 22.7 Å². The molecule has 1 saturated carbocycles. The molecule has 2 atom stereocenters. The number of nitrogens with one attached hydrogen (secondary N) is 1. The highest BCUT2D eigenvalue weighted by molar-refractivity contribution is 8.00. The van der Waals surface area contributed by atoms with E-state index in [-0.39, 0.29) is 22.8 Å². The van der Waals surface area contributed by atoms with Gasteiger partial charge >= 0.3 is 6.09 Å². The summed E-state index contributed by atoms with van der Waals surface area (Å²) in [5.41, 5.74) is 5.52. The summed E-state index contributed by atoms with van der Waals surface area (Å²) < 4.78 is 15.9. The molecule has 2 aromatic carbocycles. The van der Waals surface area contributed by atoms with E-state index in [4.69, 9.17) is 19.4 Å². The van der Waals surface area contributed by atoms with Crippen molar-refractivity contribution in [1.29, 1.82) is 0 Å². The topological polar surface area (TPSA) is 76.6 Å². The average Bonchev–Trinajstić information content (AvgIpc) is 2.96. The molecule has 3 heterocycles. The predicted molar refractivity (Wildman–Crippen MR) is 191 cm³/mol.